The highest BCUT2D eigenvalue weighted by atomic mass is 16.8. The minimum Gasteiger partial charge on any atom is -0.387 e. The van der Waals surface area contributed by atoms with Gasteiger partial charge in [-0.3, -0.25) is 9.59 Å². The topological polar surface area (TPSA) is 233 Å². The SMILES string of the molecule is CC(C=CC=C(C)C=CC1=C(C)C(=O)C(OC2OC(O)C(O)C(O)C2O)CC1(C)C)=CC=CC=C(C)C=CC=C(C)C=CC1=C(C)C(=O)C(OC2OC(O)C(O)C(O)C2O)CC1(C)C. The molecule has 8 N–H and O–H groups in total. The van der Waals surface area contributed by atoms with Crippen LogP contribution in [0.2, 0.25) is 0 Å². The van der Waals surface area contributed by atoms with Crippen molar-refractivity contribution < 1.29 is 69.4 Å². The summed E-state index contributed by atoms with van der Waals surface area (Å²) in [5.74, 6) is -0.583. The van der Waals surface area contributed by atoms with Crippen LogP contribution in [-0.4, -0.2) is 126 Å². The molecular formula is C50H68O14. The van der Waals surface area contributed by atoms with Gasteiger partial charge in [0.25, 0.3) is 0 Å². The van der Waals surface area contributed by atoms with Gasteiger partial charge < -0.3 is 59.8 Å². The number of allylic oxidation sites excluding steroid dienone is 20. The molecule has 4 rings (SSSR count). The third kappa shape index (κ3) is 13.3. The molecule has 0 aromatic rings. The van der Waals surface area contributed by atoms with E-state index < -0.39 is 84.8 Å². The van der Waals surface area contributed by atoms with E-state index in [9.17, 15) is 50.4 Å². The van der Waals surface area contributed by atoms with E-state index in [1.54, 1.807) is 13.8 Å². The lowest BCUT2D eigenvalue weighted by molar-refractivity contribution is -0.346. The summed E-state index contributed by atoms with van der Waals surface area (Å²) in [7, 11) is 0. The van der Waals surface area contributed by atoms with E-state index in [2.05, 4.69) is 0 Å². The third-order valence-electron chi connectivity index (χ3n) is 12.0. The fourth-order valence-corrected chi connectivity index (χ4v) is 8.00. The Balaban J connectivity index is 1.29. The van der Waals surface area contributed by atoms with Crippen molar-refractivity contribution in [3.05, 3.63) is 130 Å². The molecule has 14 nitrogen and oxygen atoms in total. The van der Waals surface area contributed by atoms with Crippen LogP contribution in [-0.2, 0) is 28.5 Å². The molecule has 0 aromatic heterocycles. The molecule has 2 heterocycles. The number of aliphatic hydroxyl groups excluding tert-OH is 8. The molecular weight excluding hydrogens is 825 g/mol. The molecule has 352 valence electrons. The summed E-state index contributed by atoms with van der Waals surface area (Å²) in [6.45, 7) is 19.3. The molecule has 12 atom stereocenters. The molecule has 2 fully saturated rings. The Morgan fingerprint density at radius 2 is 0.812 bits per heavy atom. The maximum Gasteiger partial charge on any atom is 0.190 e. The first-order valence-electron chi connectivity index (χ1n) is 21.5. The molecule has 2 aliphatic heterocycles. The highest BCUT2D eigenvalue weighted by molar-refractivity contribution is 6.01. The number of carbonyl (C=O) groups is 2. The van der Waals surface area contributed by atoms with Crippen LogP contribution >= 0.6 is 0 Å². The van der Waals surface area contributed by atoms with Crippen molar-refractivity contribution in [1.82, 2.24) is 0 Å². The number of Topliss-reactive ketones (excluding diaryl/α,β-unsaturated/α-hetero) is 2. The minimum atomic E-state index is -1.77. The monoisotopic (exact) mass is 892 g/mol. The molecule has 0 radical (unpaired) electrons. The number of hydrogen-bond acceptors (Lipinski definition) is 14. The van der Waals surface area contributed by atoms with E-state index in [4.69, 9.17) is 18.9 Å². The van der Waals surface area contributed by atoms with Gasteiger partial charge >= 0.3 is 0 Å². The molecule has 0 amide bonds. The number of ether oxygens (including phenoxy) is 4. The lowest BCUT2D eigenvalue weighted by atomic mass is 9.71. The highest BCUT2D eigenvalue weighted by Crippen LogP contribution is 2.43. The maximum absolute atomic E-state index is 13.3. The summed E-state index contributed by atoms with van der Waals surface area (Å²) in [6.07, 6.45) is 9.49. The molecule has 64 heavy (non-hydrogen) atoms. The standard InChI is InChI=1S/C50H68O14/c1-27(17-13-19-29(3)21-23-33-31(5)37(51)35(25-49(33,7)8)61-47-43(57)39(53)41(55)45(59)63-47)15-11-12-16-28(2)18-14-20-30(4)22-24-34-32(6)38(52)36(26-50(34,9)10)62-48-44(58)40(54)42(56)46(60)64-48/h11-24,35-36,39-48,53-60H,25-26H2,1-10H3. The van der Waals surface area contributed by atoms with Crippen LogP contribution in [0.5, 0.6) is 0 Å². The number of aliphatic hydroxyl groups is 8. The zero-order chi connectivity index (χ0) is 47.8. The van der Waals surface area contributed by atoms with Gasteiger partial charge in [-0.05, 0) is 87.5 Å². The van der Waals surface area contributed by atoms with Gasteiger partial charge in [0.1, 0.15) is 48.8 Å². The first kappa shape index (κ1) is 52.6. The van der Waals surface area contributed by atoms with Crippen LogP contribution < -0.4 is 0 Å². The Morgan fingerprint density at radius 1 is 0.500 bits per heavy atom. The van der Waals surface area contributed by atoms with Gasteiger partial charge in [0.05, 0.1) is 0 Å². The van der Waals surface area contributed by atoms with Crippen molar-refractivity contribution >= 4 is 11.6 Å². The quantitative estimate of drug-likeness (QED) is 0.113. The summed E-state index contributed by atoms with van der Waals surface area (Å²) in [5.41, 5.74) is 5.71. The van der Waals surface area contributed by atoms with Crippen molar-refractivity contribution in [3.8, 4) is 0 Å². The molecule has 2 aliphatic carbocycles. The van der Waals surface area contributed by atoms with Crippen molar-refractivity contribution in [2.75, 3.05) is 0 Å². The molecule has 2 saturated heterocycles. The first-order chi connectivity index (χ1) is 29.9. The molecule has 12 unspecified atom stereocenters. The zero-order valence-electron chi connectivity index (χ0n) is 38.5. The lowest BCUT2D eigenvalue weighted by Gasteiger charge is -2.42. The van der Waals surface area contributed by atoms with Crippen molar-refractivity contribution in [3.63, 3.8) is 0 Å². The smallest absolute Gasteiger partial charge is 0.190 e. The summed E-state index contributed by atoms with van der Waals surface area (Å²) >= 11 is 0. The van der Waals surface area contributed by atoms with E-state index in [1.807, 2.05) is 140 Å². The van der Waals surface area contributed by atoms with Gasteiger partial charge in [-0.15, -0.1) is 0 Å². The summed E-state index contributed by atoms with van der Waals surface area (Å²) in [6, 6.07) is 0. The average Bonchev–Trinajstić information content (AvgIpc) is 3.22. The van der Waals surface area contributed by atoms with Gasteiger partial charge in [0.15, 0.2) is 36.7 Å². The molecule has 0 bridgehead atoms. The van der Waals surface area contributed by atoms with Gasteiger partial charge in [-0.1, -0.05) is 135 Å². The Hall–Kier alpha value is -4.00. The average molecular weight is 893 g/mol. The number of ketones is 2. The van der Waals surface area contributed by atoms with E-state index in [0.29, 0.717) is 11.1 Å². The van der Waals surface area contributed by atoms with E-state index >= 15 is 0 Å². The Morgan fingerprint density at radius 3 is 1.16 bits per heavy atom. The first-order valence-corrected chi connectivity index (χ1v) is 21.5. The number of rotatable bonds is 14. The van der Waals surface area contributed by atoms with E-state index in [-0.39, 0.29) is 24.4 Å². The summed E-state index contributed by atoms with van der Waals surface area (Å²) in [5, 5.41) is 79.9. The van der Waals surface area contributed by atoms with Crippen LogP contribution in [0.3, 0.4) is 0 Å². The van der Waals surface area contributed by atoms with Crippen molar-refractivity contribution in [2.45, 2.75) is 156 Å². The molecule has 4 aliphatic rings. The van der Waals surface area contributed by atoms with Gasteiger partial charge in [0, 0.05) is 0 Å². The van der Waals surface area contributed by atoms with Crippen LogP contribution in [0.15, 0.2) is 130 Å². The highest BCUT2D eigenvalue weighted by Gasteiger charge is 2.49. The van der Waals surface area contributed by atoms with E-state index in [0.717, 1.165) is 33.4 Å². The fraction of sp³-hybridized carbons (Fsp3) is 0.520. The number of carbonyl (C=O) groups excluding carboxylic acids is 2. The Bertz CT molecular complexity index is 1910. The molecule has 0 saturated carbocycles. The van der Waals surface area contributed by atoms with Crippen LogP contribution in [0, 0.1) is 10.8 Å². The second-order valence-electron chi connectivity index (χ2n) is 18.4. The fourth-order valence-electron chi connectivity index (χ4n) is 8.00. The lowest BCUT2D eigenvalue weighted by Crippen LogP contribution is -2.59. The normalized spacial score (nSPS) is 35.2. The second-order valence-corrected chi connectivity index (χ2v) is 18.4. The van der Waals surface area contributed by atoms with Gasteiger partial charge in [0.2, 0.25) is 0 Å². The Kier molecular flexibility index (Phi) is 18.5. The van der Waals surface area contributed by atoms with E-state index in [1.165, 1.54) is 0 Å². The van der Waals surface area contributed by atoms with Crippen molar-refractivity contribution in [1.29, 1.82) is 0 Å². The molecule has 0 spiro atoms. The summed E-state index contributed by atoms with van der Waals surface area (Å²) in [4.78, 5) is 26.6. The van der Waals surface area contributed by atoms with Crippen LogP contribution in [0.1, 0.15) is 82.1 Å². The number of hydrogen-bond donors (Lipinski definition) is 8. The minimum absolute atomic E-state index is 0.273. The molecule has 0 aromatic carbocycles. The van der Waals surface area contributed by atoms with Crippen LogP contribution in [0.25, 0.3) is 0 Å². The predicted molar refractivity (Wildman–Crippen MR) is 240 cm³/mol. The third-order valence-corrected chi connectivity index (χ3v) is 12.0. The van der Waals surface area contributed by atoms with Crippen molar-refractivity contribution in [2.24, 2.45) is 10.8 Å². The molecule has 14 heteroatoms. The van der Waals surface area contributed by atoms with Gasteiger partial charge in [-0.2, -0.15) is 0 Å². The van der Waals surface area contributed by atoms with Crippen LogP contribution in [0.4, 0.5) is 0 Å². The zero-order valence-corrected chi connectivity index (χ0v) is 38.5. The predicted octanol–water partition coefficient (Wildman–Crippen LogP) is 4.47. The largest absolute Gasteiger partial charge is 0.387 e. The summed E-state index contributed by atoms with van der Waals surface area (Å²) < 4.78 is 21.8. The maximum atomic E-state index is 13.3. The van der Waals surface area contributed by atoms with Gasteiger partial charge in [-0.25, -0.2) is 0 Å². The second kappa shape index (κ2) is 22.5. The Labute approximate surface area is 376 Å².